The summed E-state index contributed by atoms with van der Waals surface area (Å²) in [6.07, 6.45) is 10.7. The number of fused-ring (bicyclic) bond motifs is 2. The minimum atomic E-state index is -0.382. The van der Waals surface area contributed by atoms with Crippen molar-refractivity contribution < 1.29 is 4.79 Å². The summed E-state index contributed by atoms with van der Waals surface area (Å²) < 4.78 is 0. The number of anilines is 1. The molecule has 1 aliphatic carbocycles. The molecule has 1 heterocycles. The third-order valence-electron chi connectivity index (χ3n) is 3.69. The third kappa shape index (κ3) is 1.72. The van der Waals surface area contributed by atoms with Gasteiger partial charge in [-0.25, -0.2) is 4.79 Å². The highest BCUT2D eigenvalue weighted by molar-refractivity contribution is 5.95. The molecule has 1 aromatic rings. The van der Waals surface area contributed by atoms with Crippen molar-refractivity contribution in [1.29, 1.82) is 0 Å². The van der Waals surface area contributed by atoms with Crippen LogP contribution < -0.4 is 10.6 Å². The third-order valence-corrected chi connectivity index (χ3v) is 3.69. The maximum Gasteiger partial charge on any atom is 0.319 e. The van der Waals surface area contributed by atoms with Gasteiger partial charge in [0.25, 0.3) is 0 Å². The normalized spacial score (nSPS) is 25.2. The van der Waals surface area contributed by atoms with Crippen molar-refractivity contribution in [1.82, 2.24) is 0 Å². The van der Waals surface area contributed by atoms with Crippen molar-refractivity contribution in [3.8, 4) is 0 Å². The Hall–Kier alpha value is -2.03. The fourth-order valence-corrected chi connectivity index (χ4v) is 2.83. The molecule has 2 unspecified atom stereocenters. The van der Waals surface area contributed by atoms with Crippen molar-refractivity contribution in [3.05, 3.63) is 48.1 Å². The number of hydrogen-bond donors (Lipinski definition) is 1. The Morgan fingerprint density at radius 1 is 1.28 bits per heavy atom. The summed E-state index contributed by atoms with van der Waals surface area (Å²) in [7, 11) is 0. The van der Waals surface area contributed by atoms with Gasteiger partial charge in [0, 0.05) is 5.92 Å². The summed E-state index contributed by atoms with van der Waals surface area (Å²) in [6, 6.07) is 7.56. The summed E-state index contributed by atoms with van der Waals surface area (Å²) in [4.78, 5) is 13.5. The second-order valence-electron chi connectivity index (χ2n) is 4.79. The fourth-order valence-electron chi connectivity index (χ4n) is 2.83. The first-order chi connectivity index (χ1) is 8.77. The number of carbonyl (C=O) groups excluding carboxylic acids is 1. The predicted molar refractivity (Wildman–Crippen MR) is 73.2 cm³/mol. The Kier molecular flexibility index (Phi) is 2.67. The predicted octanol–water partition coefficient (Wildman–Crippen LogP) is 2.93. The van der Waals surface area contributed by atoms with Gasteiger partial charge < -0.3 is 5.73 Å². The Morgan fingerprint density at radius 2 is 2.11 bits per heavy atom. The average molecular weight is 240 g/mol. The van der Waals surface area contributed by atoms with E-state index in [1.807, 2.05) is 24.3 Å². The molecule has 0 spiro atoms. The number of nitrogens with two attached hydrogens (primary N) is 1. The molecule has 0 aromatic heterocycles. The quantitative estimate of drug-likeness (QED) is 0.696. The summed E-state index contributed by atoms with van der Waals surface area (Å²) in [6.45, 7) is 0. The number of benzene rings is 1. The highest BCUT2D eigenvalue weighted by Crippen LogP contribution is 2.34. The first kappa shape index (κ1) is 11.1. The van der Waals surface area contributed by atoms with E-state index in [0.29, 0.717) is 5.92 Å². The van der Waals surface area contributed by atoms with Gasteiger partial charge in [-0.15, -0.1) is 0 Å². The molecule has 18 heavy (non-hydrogen) atoms. The number of rotatable bonds is 0. The Labute approximate surface area is 107 Å². The fraction of sp³-hybridized carbons (Fsp3) is 0.267. The number of nitrogens with zero attached hydrogens (tertiary/aromatic N) is 1. The van der Waals surface area contributed by atoms with E-state index >= 15 is 0 Å². The molecule has 0 fully saturated rings. The van der Waals surface area contributed by atoms with Crippen LogP contribution in [0.5, 0.6) is 0 Å². The van der Waals surface area contributed by atoms with Crippen LogP contribution in [0, 0.1) is 5.92 Å². The summed E-state index contributed by atoms with van der Waals surface area (Å²) in [5, 5.41) is 0. The van der Waals surface area contributed by atoms with Gasteiger partial charge in [-0.3, -0.25) is 4.90 Å². The minimum absolute atomic E-state index is 0.0520. The van der Waals surface area contributed by atoms with Crippen LogP contribution in [0.3, 0.4) is 0 Å². The van der Waals surface area contributed by atoms with E-state index in [1.165, 1.54) is 0 Å². The monoisotopic (exact) mass is 240 g/mol. The summed E-state index contributed by atoms with van der Waals surface area (Å²) >= 11 is 0. The van der Waals surface area contributed by atoms with E-state index in [0.717, 1.165) is 24.1 Å². The molecule has 2 amide bonds. The van der Waals surface area contributed by atoms with E-state index in [-0.39, 0.29) is 12.1 Å². The first-order valence-electron chi connectivity index (χ1n) is 6.30. The molecule has 1 aliphatic heterocycles. The molecule has 0 bridgehead atoms. The van der Waals surface area contributed by atoms with E-state index < -0.39 is 0 Å². The largest absolute Gasteiger partial charge is 0.351 e. The molecule has 0 radical (unpaired) electrons. The molecule has 1 aromatic carbocycles. The molecule has 2 aliphatic rings. The highest BCUT2D eigenvalue weighted by Gasteiger charge is 2.31. The number of carbonyl (C=O) groups is 1. The van der Waals surface area contributed by atoms with E-state index in [1.54, 1.807) is 4.90 Å². The van der Waals surface area contributed by atoms with Crippen LogP contribution in [0.2, 0.25) is 0 Å². The lowest BCUT2D eigenvalue weighted by Crippen LogP contribution is -2.46. The number of urea groups is 1. The van der Waals surface area contributed by atoms with E-state index in [9.17, 15) is 4.79 Å². The van der Waals surface area contributed by atoms with Crippen LogP contribution in [0.25, 0.3) is 6.08 Å². The second-order valence-corrected chi connectivity index (χ2v) is 4.79. The van der Waals surface area contributed by atoms with Crippen LogP contribution >= 0.6 is 0 Å². The standard InChI is InChI=1S/C15H16N2O/c16-15(18)17-13-7-3-1-5-11(13)9-10-12-6-2-4-8-14(12)17/h1,3-5,7-10,12,14H,2,6H2,(H2,16,18). The van der Waals surface area contributed by atoms with Gasteiger partial charge in [-0.2, -0.15) is 0 Å². The van der Waals surface area contributed by atoms with Gasteiger partial charge in [-0.1, -0.05) is 42.5 Å². The summed E-state index contributed by atoms with van der Waals surface area (Å²) in [5.41, 5.74) is 7.54. The minimum Gasteiger partial charge on any atom is -0.351 e. The Morgan fingerprint density at radius 3 is 2.94 bits per heavy atom. The maximum atomic E-state index is 11.8. The van der Waals surface area contributed by atoms with Gasteiger partial charge in [0.15, 0.2) is 0 Å². The molecule has 0 saturated heterocycles. The SMILES string of the molecule is NC(=O)N1c2ccccc2C=CC2CCC=CC21. The lowest BCUT2D eigenvalue weighted by atomic mass is 9.89. The number of allylic oxidation sites excluding steroid dienone is 1. The molecule has 3 heteroatoms. The topological polar surface area (TPSA) is 46.3 Å². The van der Waals surface area contributed by atoms with Crippen molar-refractivity contribution in [2.75, 3.05) is 4.90 Å². The van der Waals surface area contributed by atoms with Gasteiger partial charge in [0.2, 0.25) is 0 Å². The van der Waals surface area contributed by atoms with Gasteiger partial charge in [0.05, 0.1) is 11.7 Å². The van der Waals surface area contributed by atoms with Crippen molar-refractivity contribution in [3.63, 3.8) is 0 Å². The smallest absolute Gasteiger partial charge is 0.319 e. The van der Waals surface area contributed by atoms with Crippen molar-refractivity contribution in [2.24, 2.45) is 11.7 Å². The van der Waals surface area contributed by atoms with E-state index in [4.69, 9.17) is 5.73 Å². The molecule has 2 atom stereocenters. The number of hydrogen-bond acceptors (Lipinski definition) is 1. The number of primary amides is 1. The van der Waals surface area contributed by atoms with Crippen LogP contribution in [-0.2, 0) is 0 Å². The highest BCUT2D eigenvalue weighted by atomic mass is 16.2. The first-order valence-corrected chi connectivity index (χ1v) is 6.30. The molecular weight excluding hydrogens is 224 g/mol. The van der Waals surface area contributed by atoms with Crippen LogP contribution in [0.15, 0.2) is 42.5 Å². The van der Waals surface area contributed by atoms with Crippen LogP contribution in [-0.4, -0.2) is 12.1 Å². The van der Waals surface area contributed by atoms with Gasteiger partial charge in [-0.05, 0) is 24.5 Å². The molecular formula is C15H16N2O. The van der Waals surface area contributed by atoms with E-state index in [2.05, 4.69) is 24.3 Å². The van der Waals surface area contributed by atoms with Gasteiger partial charge >= 0.3 is 6.03 Å². The lowest BCUT2D eigenvalue weighted by Gasteiger charge is -2.34. The molecule has 3 nitrogen and oxygen atoms in total. The zero-order valence-electron chi connectivity index (χ0n) is 10.1. The number of para-hydroxylation sites is 1. The Balaban J connectivity index is 2.15. The van der Waals surface area contributed by atoms with Crippen LogP contribution in [0.4, 0.5) is 10.5 Å². The zero-order chi connectivity index (χ0) is 12.5. The van der Waals surface area contributed by atoms with Crippen molar-refractivity contribution in [2.45, 2.75) is 18.9 Å². The zero-order valence-corrected chi connectivity index (χ0v) is 10.1. The van der Waals surface area contributed by atoms with Crippen molar-refractivity contribution >= 4 is 17.8 Å². The second kappa shape index (κ2) is 4.33. The molecule has 0 saturated carbocycles. The summed E-state index contributed by atoms with van der Waals surface area (Å²) in [5.74, 6) is 0.356. The number of amides is 2. The molecule has 3 rings (SSSR count). The van der Waals surface area contributed by atoms with Crippen LogP contribution in [0.1, 0.15) is 18.4 Å². The molecule has 92 valence electrons. The average Bonchev–Trinajstić information content (AvgIpc) is 2.55. The molecule has 2 N–H and O–H groups in total. The lowest BCUT2D eigenvalue weighted by molar-refractivity contribution is 0.251. The maximum absolute atomic E-state index is 11.8. The van der Waals surface area contributed by atoms with Gasteiger partial charge in [0.1, 0.15) is 0 Å². The Bertz CT molecular complexity index is 533.